The molecular formula is C22H14F3NO3. The molecule has 0 atom stereocenters. The molecule has 1 heterocycles. The van der Waals surface area contributed by atoms with Crippen molar-refractivity contribution in [3.05, 3.63) is 89.7 Å². The van der Waals surface area contributed by atoms with Crippen LogP contribution in [0.2, 0.25) is 0 Å². The quantitative estimate of drug-likeness (QED) is 0.438. The fourth-order valence-corrected chi connectivity index (χ4v) is 2.93. The van der Waals surface area contributed by atoms with E-state index in [-0.39, 0.29) is 22.6 Å². The average molecular weight is 397 g/mol. The molecular weight excluding hydrogens is 383 g/mol. The Hall–Kier alpha value is -3.58. The van der Waals surface area contributed by atoms with E-state index in [0.717, 1.165) is 12.1 Å². The fourth-order valence-electron chi connectivity index (χ4n) is 2.93. The second-order valence-electron chi connectivity index (χ2n) is 6.16. The van der Waals surface area contributed by atoms with Crippen molar-refractivity contribution in [2.24, 2.45) is 0 Å². The number of aliphatic hydroxyl groups is 1. The van der Waals surface area contributed by atoms with E-state index in [0.29, 0.717) is 17.1 Å². The molecule has 1 N–H and O–H groups in total. The van der Waals surface area contributed by atoms with Crippen LogP contribution in [0, 0.1) is 17.5 Å². The van der Waals surface area contributed by atoms with E-state index in [4.69, 9.17) is 9.26 Å². The summed E-state index contributed by atoms with van der Waals surface area (Å²) in [5, 5.41) is 13.7. The summed E-state index contributed by atoms with van der Waals surface area (Å²) in [6.45, 7) is -0.545. The first-order valence-electron chi connectivity index (χ1n) is 8.65. The maximum Gasteiger partial charge on any atom is 0.195 e. The van der Waals surface area contributed by atoms with Crippen LogP contribution in [0.4, 0.5) is 13.2 Å². The van der Waals surface area contributed by atoms with Gasteiger partial charge in [0.1, 0.15) is 17.2 Å². The molecule has 4 aromatic rings. The van der Waals surface area contributed by atoms with E-state index in [9.17, 15) is 18.3 Å². The number of aromatic nitrogens is 1. The van der Waals surface area contributed by atoms with Crippen LogP contribution in [0.25, 0.3) is 22.6 Å². The van der Waals surface area contributed by atoms with Crippen molar-refractivity contribution in [3.63, 3.8) is 0 Å². The molecule has 4 rings (SSSR count). The summed E-state index contributed by atoms with van der Waals surface area (Å²) in [6.07, 6.45) is 0. The molecule has 7 heteroatoms. The first-order valence-corrected chi connectivity index (χ1v) is 8.65. The molecule has 0 saturated carbocycles. The highest BCUT2D eigenvalue weighted by Gasteiger charge is 2.24. The van der Waals surface area contributed by atoms with Gasteiger partial charge in [-0.25, -0.2) is 13.2 Å². The Morgan fingerprint density at radius 2 is 1.62 bits per heavy atom. The molecule has 0 amide bonds. The molecule has 146 valence electrons. The van der Waals surface area contributed by atoms with E-state index >= 15 is 0 Å². The van der Waals surface area contributed by atoms with Crippen molar-refractivity contribution >= 4 is 0 Å². The number of rotatable bonds is 5. The number of para-hydroxylation sites is 1. The predicted octanol–water partition coefficient (Wildman–Crippen LogP) is 5.71. The first kappa shape index (κ1) is 18.8. The maximum atomic E-state index is 14.2. The van der Waals surface area contributed by atoms with Crippen LogP contribution < -0.4 is 4.74 Å². The maximum absolute atomic E-state index is 14.2. The molecule has 0 unspecified atom stereocenters. The van der Waals surface area contributed by atoms with Gasteiger partial charge >= 0.3 is 0 Å². The molecule has 29 heavy (non-hydrogen) atoms. The van der Waals surface area contributed by atoms with Gasteiger partial charge in [-0.2, -0.15) is 0 Å². The molecule has 0 saturated heterocycles. The molecule has 0 aliphatic heterocycles. The van der Waals surface area contributed by atoms with E-state index in [1.54, 1.807) is 36.4 Å². The van der Waals surface area contributed by atoms with Crippen LogP contribution in [-0.4, -0.2) is 10.3 Å². The number of halogens is 3. The number of benzene rings is 3. The topological polar surface area (TPSA) is 55.5 Å². The summed E-state index contributed by atoms with van der Waals surface area (Å²) in [5.74, 6) is -3.38. The minimum atomic E-state index is -1.62. The summed E-state index contributed by atoms with van der Waals surface area (Å²) in [4.78, 5) is 0. The molecule has 0 bridgehead atoms. The number of aliphatic hydroxyl groups excluding tert-OH is 1. The van der Waals surface area contributed by atoms with Gasteiger partial charge < -0.3 is 14.4 Å². The van der Waals surface area contributed by atoms with Gasteiger partial charge in [-0.05, 0) is 36.4 Å². The monoisotopic (exact) mass is 397 g/mol. The van der Waals surface area contributed by atoms with Crippen LogP contribution >= 0.6 is 0 Å². The minimum Gasteiger partial charge on any atom is -0.457 e. The number of hydrogen-bond donors (Lipinski definition) is 1. The Bertz CT molecular complexity index is 1160. The van der Waals surface area contributed by atoms with Crippen molar-refractivity contribution < 1.29 is 27.5 Å². The largest absolute Gasteiger partial charge is 0.457 e. The van der Waals surface area contributed by atoms with E-state index < -0.39 is 24.1 Å². The second-order valence-corrected chi connectivity index (χ2v) is 6.16. The van der Waals surface area contributed by atoms with Crippen LogP contribution in [0.1, 0.15) is 5.56 Å². The van der Waals surface area contributed by atoms with Crippen LogP contribution in [0.5, 0.6) is 11.5 Å². The Balaban J connectivity index is 1.74. The van der Waals surface area contributed by atoms with Gasteiger partial charge in [0, 0.05) is 5.56 Å². The van der Waals surface area contributed by atoms with Crippen LogP contribution in [-0.2, 0) is 6.61 Å². The summed E-state index contributed by atoms with van der Waals surface area (Å²) in [5.41, 5.74) is 0.598. The number of hydrogen-bond acceptors (Lipinski definition) is 4. The molecule has 0 fully saturated rings. The smallest absolute Gasteiger partial charge is 0.195 e. The SMILES string of the molecule is OCc1c(-c2cccc(Oc3ccccc3)c2)noc1-c1ccc(F)c(F)c1F. The van der Waals surface area contributed by atoms with Gasteiger partial charge in [-0.15, -0.1) is 0 Å². The number of nitrogens with zero attached hydrogens (tertiary/aromatic N) is 1. The molecule has 0 radical (unpaired) electrons. The Morgan fingerprint density at radius 1 is 0.862 bits per heavy atom. The third-order valence-electron chi connectivity index (χ3n) is 4.31. The second kappa shape index (κ2) is 7.81. The molecule has 3 aromatic carbocycles. The standard InChI is InChI=1S/C22H14F3NO3/c23-18-10-9-16(19(24)20(18)25)22-17(12-27)21(26-29-22)13-5-4-8-15(11-13)28-14-6-2-1-3-7-14/h1-11,27H,12H2. The van der Waals surface area contributed by atoms with Gasteiger partial charge in [-0.1, -0.05) is 35.5 Å². The van der Waals surface area contributed by atoms with Crippen molar-refractivity contribution in [2.75, 3.05) is 0 Å². The van der Waals surface area contributed by atoms with Crippen molar-refractivity contribution in [2.45, 2.75) is 6.61 Å². The zero-order valence-electron chi connectivity index (χ0n) is 14.9. The molecule has 0 aliphatic rings. The zero-order valence-corrected chi connectivity index (χ0v) is 14.9. The lowest BCUT2D eigenvalue weighted by Crippen LogP contribution is -1.96. The van der Waals surface area contributed by atoms with Crippen LogP contribution in [0.15, 0.2) is 71.3 Å². The van der Waals surface area contributed by atoms with Gasteiger partial charge in [0.25, 0.3) is 0 Å². The molecule has 1 aromatic heterocycles. The van der Waals surface area contributed by atoms with Crippen molar-refractivity contribution in [3.8, 4) is 34.1 Å². The highest BCUT2D eigenvalue weighted by Crippen LogP contribution is 2.36. The minimum absolute atomic E-state index is 0.145. The zero-order chi connectivity index (χ0) is 20.4. The Kier molecular flexibility index (Phi) is 5.05. The Labute approximate surface area is 163 Å². The van der Waals surface area contributed by atoms with Crippen molar-refractivity contribution in [1.29, 1.82) is 0 Å². The van der Waals surface area contributed by atoms with Crippen molar-refractivity contribution in [1.82, 2.24) is 5.16 Å². The van der Waals surface area contributed by atoms with E-state index in [1.807, 2.05) is 18.2 Å². The highest BCUT2D eigenvalue weighted by atomic mass is 19.2. The average Bonchev–Trinajstić information content (AvgIpc) is 3.17. The van der Waals surface area contributed by atoms with E-state index in [1.165, 1.54) is 0 Å². The lowest BCUT2D eigenvalue weighted by molar-refractivity contribution is 0.281. The molecule has 0 aliphatic carbocycles. The summed E-state index contributed by atoms with van der Waals surface area (Å²) in [7, 11) is 0. The lowest BCUT2D eigenvalue weighted by Gasteiger charge is -2.07. The lowest BCUT2D eigenvalue weighted by atomic mass is 10.0. The third-order valence-corrected chi connectivity index (χ3v) is 4.31. The normalized spacial score (nSPS) is 10.9. The predicted molar refractivity (Wildman–Crippen MR) is 99.7 cm³/mol. The summed E-state index contributed by atoms with van der Waals surface area (Å²) >= 11 is 0. The van der Waals surface area contributed by atoms with Gasteiger partial charge in [-0.3, -0.25) is 0 Å². The summed E-state index contributed by atoms with van der Waals surface area (Å²) in [6, 6.07) is 17.8. The first-order chi connectivity index (χ1) is 14.1. The number of ether oxygens (including phenoxy) is 1. The third kappa shape index (κ3) is 3.60. The van der Waals surface area contributed by atoms with Gasteiger partial charge in [0.2, 0.25) is 0 Å². The van der Waals surface area contributed by atoms with Crippen LogP contribution in [0.3, 0.4) is 0 Å². The Morgan fingerprint density at radius 3 is 2.38 bits per heavy atom. The van der Waals surface area contributed by atoms with Gasteiger partial charge in [0.05, 0.1) is 17.7 Å². The van der Waals surface area contributed by atoms with E-state index in [2.05, 4.69) is 5.16 Å². The van der Waals surface area contributed by atoms with Gasteiger partial charge in [0.15, 0.2) is 23.2 Å². The molecule has 0 spiro atoms. The summed E-state index contributed by atoms with van der Waals surface area (Å²) < 4.78 is 52.0. The highest BCUT2D eigenvalue weighted by molar-refractivity contribution is 5.73. The fraction of sp³-hybridized carbons (Fsp3) is 0.0455. The molecule has 4 nitrogen and oxygen atoms in total.